The lowest BCUT2D eigenvalue weighted by Crippen LogP contribution is -2.23. The number of benzene rings is 1. The van der Waals surface area contributed by atoms with Crippen LogP contribution < -0.4 is 0 Å². The summed E-state index contributed by atoms with van der Waals surface area (Å²) in [5.74, 6) is -1.63. The molecule has 3 aromatic rings. The van der Waals surface area contributed by atoms with Gasteiger partial charge in [-0.3, -0.25) is 9.20 Å². The van der Waals surface area contributed by atoms with Gasteiger partial charge >= 0.3 is 6.18 Å². The molecule has 0 atom stereocenters. The van der Waals surface area contributed by atoms with Gasteiger partial charge in [0.25, 0.3) is 5.78 Å². The number of alkyl halides is 3. The molecule has 0 fully saturated rings. The van der Waals surface area contributed by atoms with E-state index >= 15 is 0 Å². The van der Waals surface area contributed by atoms with E-state index in [4.69, 9.17) is 0 Å². The first-order chi connectivity index (χ1) is 9.98. The summed E-state index contributed by atoms with van der Waals surface area (Å²) in [6, 6.07) is 13.4. The van der Waals surface area contributed by atoms with Gasteiger partial charge in [0.2, 0.25) is 0 Å². The summed E-state index contributed by atoms with van der Waals surface area (Å²) in [7, 11) is 0. The van der Waals surface area contributed by atoms with Crippen molar-refractivity contribution in [2.24, 2.45) is 0 Å². The second-order valence-corrected chi connectivity index (χ2v) is 4.43. The van der Waals surface area contributed by atoms with Crippen LogP contribution >= 0.6 is 0 Å². The molecule has 3 nitrogen and oxygen atoms in total. The molecule has 6 heteroatoms. The highest BCUT2D eigenvalue weighted by Gasteiger charge is 2.42. The first-order valence-electron chi connectivity index (χ1n) is 6.12. The fraction of sp³-hybridized carbons (Fsp3) is 0.0667. The summed E-state index contributed by atoms with van der Waals surface area (Å²) in [6.07, 6.45) is -3.36. The Morgan fingerprint density at radius 1 is 1.00 bits per heavy atom. The summed E-state index contributed by atoms with van der Waals surface area (Å²) in [6.45, 7) is 0. The lowest BCUT2D eigenvalue weighted by Gasteiger charge is -2.02. The van der Waals surface area contributed by atoms with Crippen molar-refractivity contribution in [2.45, 2.75) is 6.18 Å². The largest absolute Gasteiger partial charge is 0.456 e. The van der Waals surface area contributed by atoms with E-state index in [2.05, 4.69) is 4.98 Å². The lowest BCUT2D eigenvalue weighted by atomic mass is 10.2. The van der Waals surface area contributed by atoms with Crippen molar-refractivity contribution in [3.05, 3.63) is 60.4 Å². The SMILES string of the molecule is O=C(c1nc(-c2ccccc2)n2ccccc12)C(F)(F)F. The molecule has 0 spiro atoms. The highest BCUT2D eigenvalue weighted by Crippen LogP contribution is 2.27. The number of rotatable bonds is 2. The van der Waals surface area contributed by atoms with Crippen LogP contribution in [-0.2, 0) is 0 Å². The van der Waals surface area contributed by atoms with Crippen molar-refractivity contribution >= 4 is 11.3 Å². The first-order valence-corrected chi connectivity index (χ1v) is 6.12. The minimum absolute atomic E-state index is 0.138. The molecule has 21 heavy (non-hydrogen) atoms. The molecule has 0 radical (unpaired) electrons. The maximum Gasteiger partial charge on any atom is 0.456 e. The van der Waals surface area contributed by atoms with Crippen molar-refractivity contribution in [1.29, 1.82) is 0 Å². The number of fused-ring (bicyclic) bond motifs is 1. The fourth-order valence-electron chi connectivity index (χ4n) is 2.13. The standard InChI is InChI=1S/C15H9F3N2O/c16-15(17,18)13(21)12-11-8-4-5-9-20(11)14(19-12)10-6-2-1-3-7-10/h1-9H. The smallest absolute Gasteiger partial charge is 0.299 e. The third-order valence-corrected chi connectivity index (χ3v) is 3.05. The fourth-order valence-corrected chi connectivity index (χ4v) is 2.13. The first kappa shape index (κ1) is 13.4. The molecule has 0 aliphatic carbocycles. The molecule has 2 heterocycles. The number of aromatic nitrogens is 2. The van der Waals surface area contributed by atoms with Crippen molar-refractivity contribution in [2.75, 3.05) is 0 Å². The number of halogens is 3. The van der Waals surface area contributed by atoms with Gasteiger partial charge in [0.05, 0.1) is 5.52 Å². The third-order valence-electron chi connectivity index (χ3n) is 3.05. The molecule has 0 aliphatic rings. The number of nitrogens with zero attached hydrogens (tertiary/aromatic N) is 2. The topological polar surface area (TPSA) is 34.4 Å². The van der Waals surface area contributed by atoms with Gasteiger partial charge in [-0.1, -0.05) is 36.4 Å². The number of Topliss-reactive ketones (excluding diaryl/α,β-unsaturated/α-hetero) is 1. The average Bonchev–Trinajstić information content (AvgIpc) is 2.86. The van der Waals surface area contributed by atoms with Gasteiger partial charge in [0.1, 0.15) is 11.5 Å². The van der Waals surface area contributed by atoms with E-state index in [0.717, 1.165) is 0 Å². The molecular formula is C15H9F3N2O. The van der Waals surface area contributed by atoms with Crippen molar-refractivity contribution < 1.29 is 18.0 Å². The van der Waals surface area contributed by atoms with E-state index in [1.54, 1.807) is 48.7 Å². The molecule has 0 bridgehead atoms. The molecule has 2 aromatic heterocycles. The summed E-state index contributed by atoms with van der Waals surface area (Å²) in [4.78, 5) is 15.4. The van der Waals surface area contributed by atoms with Gasteiger partial charge in [-0.15, -0.1) is 0 Å². The maximum atomic E-state index is 12.7. The van der Waals surface area contributed by atoms with Gasteiger partial charge in [0.15, 0.2) is 0 Å². The van der Waals surface area contributed by atoms with Crippen LogP contribution in [0.1, 0.15) is 10.5 Å². The van der Waals surface area contributed by atoms with Crippen LogP contribution in [0.4, 0.5) is 13.2 Å². The highest BCUT2D eigenvalue weighted by atomic mass is 19.4. The van der Waals surface area contributed by atoms with Crippen LogP contribution in [0, 0.1) is 0 Å². The predicted octanol–water partition coefficient (Wildman–Crippen LogP) is 3.75. The van der Waals surface area contributed by atoms with Crippen LogP contribution in [0.2, 0.25) is 0 Å². The van der Waals surface area contributed by atoms with E-state index in [1.165, 1.54) is 10.5 Å². The second kappa shape index (κ2) is 4.73. The zero-order valence-electron chi connectivity index (χ0n) is 10.6. The Labute approximate surface area is 117 Å². The third kappa shape index (κ3) is 2.29. The number of hydrogen-bond donors (Lipinski definition) is 0. The van der Waals surface area contributed by atoms with Crippen molar-refractivity contribution in [3.63, 3.8) is 0 Å². The monoisotopic (exact) mass is 290 g/mol. The normalized spacial score (nSPS) is 11.8. The summed E-state index contributed by atoms with van der Waals surface area (Å²) >= 11 is 0. The number of carbonyl (C=O) groups is 1. The average molecular weight is 290 g/mol. The molecule has 0 saturated heterocycles. The van der Waals surface area contributed by atoms with Gasteiger partial charge in [-0.05, 0) is 12.1 Å². The van der Waals surface area contributed by atoms with E-state index in [1.807, 2.05) is 0 Å². The van der Waals surface area contributed by atoms with Crippen LogP contribution in [0.15, 0.2) is 54.7 Å². The predicted molar refractivity (Wildman–Crippen MR) is 71.0 cm³/mol. The second-order valence-electron chi connectivity index (χ2n) is 4.43. The Morgan fingerprint density at radius 3 is 2.33 bits per heavy atom. The van der Waals surface area contributed by atoms with E-state index in [-0.39, 0.29) is 5.52 Å². The Bertz CT molecular complexity index is 807. The van der Waals surface area contributed by atoms with Crippen LogP contribution in [0.25, 0.3) is 16.9 Å². The number of imidazole rings is 1. The minimum atomic E-state index is -4.95. The maximum absolute atomic E-state index is 12.7. The van der Waals surface area contributed by atoms with E-state index in [9.17, 15) is 18.0 Å². The van der Waals surface area contributed by atoms with Crippen LogP contribution in [0.5, 0.6) is 0 Å². The Balaban J connectivity index is 2.27. The Kier molecular flexibility index (Phi) is 3.01. The van der Waals surface area contributed by atoms with Gasteiger partial charge in [0, 0.05) is 11.8 Å². The van der Waals surface area contributed by atoms with Crippen molar-refractivity contribution in [1.82, 2.24) is 9.38 Å². The van der Waals surface area contributed by atoms with Crippen LogP contribution in [-0.4, -0.2) is 21.3 Å². The quantitative estimate of drug-likeness (QED) is 0.674. The molecule has 0 saturated carbocycles. The van der Waals surface area contributed by atoms with E-state index in [0.29, 0.717) is 11.4 Å². The van der Waals surface area contributed by atoms with Gasteiger partial charge in [-0.25, -0.2) is 4.98 Å². The summed E-state index contributed by atoms with van der Waals surface area (Å²) < 4.78 is 39.5. The van der Waals surface area contributed by atoms with Gasteiger partial charge in [-0.2, -0.15) is 13.2 Å². The Morgan fingerprint density at radius 2 is 1.67 bits per heavy atom. The van der Waals surface area contributed by atoms with Crippen LogP contribution in [0.3, 0.4) is 0 Å². The Hall–Kier alpha value is -2.63. The number of pyridine rings is 1. The minimum Gasteiger partial charge on any atom is -0.299 e. The van der Waals surface area contributed by atoms with E-state index < -0.39 is 17.7 Å². The number of ketones is 1. The van der Waals surface area contributed by atoms with Gasteiger partial charge < -0.3 is 0 Å². The molecule has 0 unspecified atom stereocenters. The summed E-state index contributed by atoms with van der Waals surface area (Å²) in [5, 5.41) is 0. The molecule has 1 aromatic carbocycles. The lowest BCUT2D eigenvalue weighted by molar-refractivity contribution is -0.0886. The molecule has 3 rings (SSSR count). The zero-order valence-corrected chi connectivity index (χ0v) is 10.6. The van der Waals surface area contributed by atoms with Crippen molar-refractivity contribution in [3.8, 4) is 11.4 Å². The molecule has 0 aliphatic heterocycles. The molecule has 0 amide bonds. The summed E-state index contributed by atoms with van der Waals surface area (Å²) in [5.41, 5.74) is 0.195. The number of carbonyl (C=O) groups excluding carboxylic acids is 1. The molecule has 106 valence electrons. The zero-order chi connectivity index (χ0) is 15.0. The highest BCUT2D eigenvalue weighted by molar-refractivity contribution is 6.04. The number of hydrogen-bond acceptors (Lipinski definition) is 2. The molecular weight excluding hydrogens is 281 g/mol. The molecule has 0 N–H and O–H groups in total.